The van der Waals surface area contributed by atoms with Crippen molar-refractivity contribution in [3.05, 3.63) is 30.2 Å². The zero-order chi connectivity index (χ0) is 17.6. The number of hydrogen-bond acceptors (Lipinski definition) is 7. The number of hydrogen-bond donors (Lipinski definition) is 0. The molecule has 1 aliphatic heterocycles. The van der Waals surface area contributed by atoms with E-state index in [2.05, 4.69) is 26.9 Å². The molecular formula is C18H26N4O3. The first-order chi connectivity index (χ1) is 12.2. The van der Waals surface area contributed by atoms with Crippen molar-refractivity contribution < 1.29 is 14.0 Å². The molecule has 0 radical (unpaired) electrons. The standard InChI is InChI=1S/C18H26N4O3/c1-14-12-21(8-9-22(14)10-11-23-2)13-17-19-18(20-25-17)15-6-4-5-7-16(15)24-3/h4-7,14H,8-13H2,1-3H3. The van der Waals surface area contributed by atoms with Gasteiger partial charge in [0.1, 0.15) is 5.75 Å². The van der Waals surface area contributed by atoms with E-state index in [9.17, 15) is 0 Å². The average molecular weight is 346 g/mol. The smallest absolute Gasteiger partial charge is 0.241 e. The Morgan fingerprint density at radius 1 is 1.24 bits per heavy atom. The highest BCUT2D eigenvalue weighted by Gasteiger charge is 2.24. The van der Waals surface area contributed by atoms with Crippen LogP contribution in [0.2, 0.25) is 0 Å². The molecule has 2 heterocycles. The van der Waals surface area contributed by atoms with Gasteiger partial charge < -0.3 is 14.0 Å². The number of ether oxygens (including phenoxy) is 2. The SMILES string of the molecule is COCCN1CCN(Cc2nc(-c3ccccc3OC)no2)CC1C. The van der Waals surface area contributed by atoms with E-state index >= 15 is 0 Å². The number of nitrogens with zero attached hydrogens (tertiary/aromatic N) is 4. The second kappa shape index (κ2) is 8.42. The van der Waals surface area contributed by atoms with Gasteiger partial charge in [0.25, 0.3) is 0 Å². The Kier molecular flexibility index (Phi) is 6.01. The summed E-state index contributed by atoms with van der Waals surface area (Å²) in [5.41, 5.74) is 0.845. The van der Waals surface area contributed by atoms with Gasteiger partial charge in [-0.05, 0) is 19.1 Å². The van der Waals surface area contributed by atoms with E-state index < -0.39 is 0 Å². The second-order valence-electron chi connectivity index (χ2n) is 6.32. The lowest BCUT2D eigenvalue weighted by molar-refractivity contribution is 0.0512. The summed E-state index contributed by atoms with van der Waals surface area (Å²) in [6, 6.07) is 8.18. The first-order valence-corrected chi connectivity index (χ1v) is 8.62. The number of benzene rings is 1. The minimum Gasteiger partial charge on any atom is -0.496 e. The minimum atomic E-state index is 0.487. The van der Waals surface area contributed by atoms with Gasteiger partial charge >= 0.3 is 0 Å². The molecule has 1 atom stereocenters. The molecule has 0 N–H and O–H groups in total. The summed E-state index contributed by atoms with van der Waals surface area (Å²) in [5.74, 6) is 1.95. The van der Waals surface area contributed by atoms with E-state index in [4.69, 9.17) is 14.0 Å². The summed E-state index contributed by atoms with van der Waals surface area (Å²) < 4.78 is 16.0. The van der Waals surface area contributed by atoms with Crippen LogP contribution in [0.4, 0.5) is 0 Å². The molecule has 0 saturated carbocycles. The van der Waals surface area contributed by atoms with Crippen molar-refractivity contribution in [2.24, 2.45) is 0 Å². The summed E-state index contributed by atoms with van der Waals surface area (Å²) >= 11 is 0. The normalized spacial score (nSPS) is 19.2. The van der Waals surface area contributed by atoms with Gasteiger partial charge in [-0.2, -0.15) is 4.98 Å². The maximum absolute atomic E-state index is 5.46. The molecule has 0 spiro atoms. The Morgan fingerprint density at radius 2 is 2.08 bits per heavy atom. The molecule has 25 heavy (non-hydrogen) atoms. The molecule has 1 aromatic carbocycles. The van der Waals surface area contributed by atoms with Gasteiger partial charge in [-0.15, -0.1) is 0 Å². The van der Waals surface area contributed by atoms with Crippen LogP contribution in [-0.4, -0.2) is 73.0 Å². The highest BCUT2D eigenvalue weighted by atomic mass is 16.5. The fourth-order valence-corrected chi connectivity index (χ4v) is 3.20. The molecular weight excluding hydrogens is 320 g/mol. The Balaban J connectivity index is 1.61. The van der Waals surface area contributed by atoms with Crippen LogP contribution in [0.5, 0.6) is 5.75 Å². The average Bonchev–Trinajstić information content (AvgIpc) is 3.09. The number of aromatic nitrogens is 2. The second-order valence-corrected chi connectivity index (χ2v) is 6.32. The summed E-state index contributed by atoms with van der Waals surface area (Å²) in [6.45, 7) is 7.66. The Morgan fingerprint density at radius 3 is 2.84 bits per heavy atom. The van der Waals surface area contributed by atoms with Crippen molar-refractivity contribution in [1.82, 2.24) is 19.9 Å². The lowest BCUT2D eigenvalue weighted by atomic mass is 10.2. The largest absolute Gasteiger partial charge is 0.496 e. The molecule has 136 valence electrons. The van der Waals surface area contributed by atoms with Gasteiger partial charge in [0.05, 0.1) is 25.8 Å². The van der Waals surface area contributed by atoms with E-state index in [0.717, 1.165) is 44.1 Å². The highest BCUT2D eigenvalue weighted by Crippen LogP contribution is 2.27. The van der Waals surface area contributed by atoms with Crippen LogP contribution >= 0.6 is 0 Å². The zero-order valence-corrected chi connectivity index (χ0v) is 15.1. The molecule has 1 saturated heterocycles. The lowest BCUT2D eigenvalue weighted by Gasteiger charge is -2.39. The molecule has 1 aromatic heterocycles. The third kappa shape index (κ3) is 4.36. The molecule has 7 heteroatoms. The quantitative estimate of drug-likeness (QED) is 0.758. The van der Waals surface area contributed by atoms with Gasteiger partial charge in [-0.1, -0.05) is 17.3 Å². The van der Waals surface area contributed by atoms with Crippen LogP contribution in [0, 0.1) is 0 Å². The zero-order valence-electron chi connectivity index (χ0n) is 15.1. The topological polar surface area (TPSA) is 63.9 Å². The molecule has 3 rings (SSSR count). The van der Waals surface area contributed by atoms with E-state index in [-0.39, 0.29) is 0 Å². The Hall–Kier alpha value is -1.96. The van der Waals surface area contributed by atoms with Gasteiger partial charge in [0.15, 0.2) is 0 Å². The Bertz CT molecular complexity index is 676. The van der Waals surface area contributed by atoms with E-state index in [0.29, 0.717) is 24.3 Å². The summed E-state index contributed by atoms with van der Waals surface area (Å²) in [6.07, 6.45) is 0. The van der Waals surface area contributed by atoms with Crippen LogP contribution in [-0.2, 0) is 11.3 Å². The predicted octanol–water partition coefficient (Wildman–Crippen LogP) is 1.90. The molecule has 1 aliphatic rings. The summed E-state index contributed by atoms with van der Waals surface area (Å²) in [4.78, 5) is 9.35. The van der Waals surface area contributed by atoms with Crippen molar-refractivity contribution in [3.63, 3.8) is 0 Å². The molecule has 0 amide bonds. The van der Waals surface area contributed by atoms with Crippen molar-refractivity contribution in [2.45, 2.75) is 19.5 Å². The first-order valence-electron chi connectivity index (χ1n) is 8.62. The van der Waals surface area contributed by atoms with Gasteiger partial charge in [0.2, 0.25) is 11.7 Å². The van der Waals surface area contributed by atoms with Crippen LogP contribution in [0.3, 0.4) is 0 Å². The van der Waals surface area contributed by atoms with Crippen LogP contribution in [0.15, 0.2) is 28.8 Å². The fraction of sp³-hybridized carbons (Fsp3) is 0.556. The van der Waals surface area contributed by atoms with Crippen molar-refractivity contribution in [3.8, 4) is 17.1 Å². The first kappa shape index (κ1) is 17.8. The summed E-state index contributed by atoms with van der Waals surface area (Å²) in [5, 5.41) is 4.12. The third-order valence-corrected chi connectivity index (χ3v) is 4.61. The van der Waals surface area contributed by atoms with Crippen molar-refractivity contribution in [1.29, 1.82) is 0 Å². The molecule has 1 fully saturated rings. The molecule has 0 aliphatic carbocycles. The van der Waals surface area contributed by atoms with Gasteiger partial charge in [0, 0.05) is 39.3 Å². The molecule has 7 nitrogen and oxygen atoms in total. The predicted molar refractivity (Wildman–Crippen MR) is 94.5 cm³/mol. The number of methoxy groups -OCH3 is 2. The summed E-state index contributed by atoms with van der Waals surface area (Å²) in [7, 11) is 3.39. The number of rotatable bonds is 7. The van der Waals surface area contributed by atoms with E-state index in [1.807, 2.05) is 24.3 Å². The Labute approximate surface area is 148 Å². The fourth-order valence-electron chi connectivity index (χ4n) is 3.20. The van der Waals surface area contributed by atoms with Gasteiger partial charge in [-0.3, -0.25) is 9.80 Å². The lowest BCUT2D eigenvalue weighted by Crippen LogP contribution is -2.52. The van der Waals surface area contributed by atoms with Crippen molar-refractivity contribution in [2.75, 3.05) is 47.0 Å². The van der Waals surface area contributed by atoms with E-state index in [1.165, 1.54) is 0 Å². The third-order valence-electron chi connectivity index (χ3n) is 4.61. The number of para-hydroxylation sites is 1. The van der Waals surface area contributed by atoms with Crippen LogP contribution in [0.1, 0.15) is 12.8 Å². The maximum atomic E-state index is 5.46. The van der Waals surface area contributed by atoms with E-state index in [1.54, 1.807) is 14.2 Å². The molecule has 1 unspecified atom stereocenters. The monoisotopic (exact) mass is 346 g/mol. The minimum absolute atomic E-state index is 0.487. The van der Waals surface area contributed by atoms with Crippen LogP contribution < -0.4 is 4.74 Å². The van der Waals surface area contributed by atoms with Crippen molar-refractivity contribution >= 4 is 0 Å². The number of piperazine rings is 1. The molecule has 2 aromatic rings. The van der Waals surface area contributed by atoms with Crippen LogP contribution in [0.25, 0.3) is 11.4 Å². The molecule has 0 bridgehead atoms. The highest BCUT2D eigenvalue weighted by molar-refractivity contribution is 5.63. The maximum Gasteiger partial charge on any atom is 0.241 e. The van der Waals surface area contributed by atoms with Gasteiger partial charge in [-0.25, -0.2) is 0 Å².